The third-order valence-electron chi connectivity index (χ3n) is 5.95. The molecule has 0 aliphatic carbocycles. The molecule has 0 radical (unpaired) electrons. The highest BCUT2D eigenvalue weighted by atomic mass is 32.2. The largest absolute Gasteiger partial charge is 0.519 e. The second kappa shape index (κ2) is 6.11. The van der Waals surface area contributed by atoms with Gasteiger partial charge in [0.1, 0.15) is 0 Å². The van der Waals surface area contributed by atoms with Gasteiger partial charge in [0.25, 0.3) is 0 Å². The number of fused-ring (bicyclic) bond motifs is 8. The monoisotopic (exact) mass is 463 g/mol. The summed E-state index contributed by atoms with van der Waals surface area (Å²) in [6, 6.07) is 5.10. The molecule has 12 heteroatoms. The Balaban J connectivity index is 1.53. The highest BCUT2D eigenvalue weighted by molar-refractivity contribution is 7.89. The van der Waals surface area contributed by atoms with E-state index in [4.69, 9.17) is 8.83 Å². The number of alkyl halides is 3. The second-order valence-electron chi connectivity index (χ2n) is 7.67. The first-order valence-corrected chi connectivity index (χ1v) is 10.9. The van der Waals surface area contributed by atoms with Crippen molar-refractivity contribution in [2.24, 2.45) is 0 Å². The number of aromatic nitrogens is 2. The normalized spacial score (nSPS) is 20.5. The van der Waals surface area contributed by atoms with Crippen LogP contribution in [0.15, 0.2) is 61.1 Å². The van der Waals surface area contributed by atoms with Gasteiger partial charge in [0.15, 0.2) is 11.2 Å². The summed E-state index contributed by atoms with van der Waals surface area (Å²) in [5.74, 6) is -0.868. The minimum Gasteiger partial charge on any atom is -0.391 e. The number of H-pyrrole nitrogens is 1. The Morgan fingerprint density at radius 1 is 1.03 bits per heavy atom. The van der Waals surface area contributed by atoms with E-state index in [0.29, 0.717) is 16.7 Å². The number of hydrogen-bond acceptors (Lipinski definition) is 6. The van der Waals surface area contributed by atoms with Crippen molar-refractivity contribution in [1.29, 1.82) is 0 Å². The van der Waals surface area contributed by atoms with Crippen molar-refractivity contribution in [3.63, 3.8) is 0 Å². The van der Waals surface area contributed by atoms with Crippen LogP contribution in [0.4, 0.5) is 13.2 Å². The summed E-state index contributed by atoms with van der Waals surface area (Å²) in [6.07, 6.45) is -2.78. The molecule has 164 valence electrons. The molecule has 4 heterocycles. The SMILES string of the molecule is O=c1oc2cc3c(cc2o1)C1c2cn[nH]c2CC3N1S(=O)(=O)c1ccc(C(F)(F)F)cc1. The summed E-state index contributed by atoms with van der Waals surface area (Å²) in [7, 11) is -4.20. The van der Waals surface area contributed by atoms with Crippen LogP contribution in [0, 0.1) is 0 Å². The fourth-order valence-corrected chi connectivity index (χ4v) is 6.35. The molecule has 2 unspecified atom stereocenters. The Labute approximate surface area is 177 Å². The van der Waals surface area contributed by atoms with Crippen molar-refractivity contribution in [2.45, 2.75) is 29.6 Å². The van der Waals surface area contributed by atoms with E-state index < -0.39 is 39.7 Å². The Morgan fingerprint density at radius 3 is 2.34 bits per heavy atom. The number of aromatic amines is 1. The molecule has 2 bridgehead atoms. The van der Waals surface area contributed by atoms with Gasteiger partial charge in [-0.2, -0.15) is 22.6 Å². The highest BCUT2D eigenvalue weighted by Crippen LogP contribution is 2.54. The molecule has 4 aromatic rings. The van der Waals surface area contributed by atoms with Gasteiger partial charge in [0.2, 0.25) is 10.0 Å². The predicted molar refractivity (Wildman–Crippen MR) is 102 cm³/mol. The van der Waals surface area contributed by atoms with Crippen molar-refractivity contribution >= 4 is 21.2 Å². The van der Waals surface area contributed by atoms with Gasteiger partial charge in [-0.25, -0.2) is 13.2 Å². The van der Waals surface area contributed by atoms with Gasteiger partial charge in [-0.05, 0) is 47.5 Å². The van der Waals surface area contributed by atoms with Crippen molar-refractivity contribution < 1.29 is 30.4 Å². The lowest BCUT2D eigenvalue weighted by Crippen LogP contribution is -2.37. The van der Waals surface area contributed by atoms with Gasteiger partial charge >= 0.3 is 12.0 Å². The molecule has 0 fully saturated rings. The average Bonchev–Trinajstić information content (AvgIpc) is 3.41. The molecule has 0 amide bonds. The van der Waals surface area contributed by atoms with Crippen LogP contribution < -0.4 is 5.82 Å². The van der Waals surface area contributed by atoms with Crippen LogP contribution >= 0.6 is 0 Å². The maximum absolute atomic E-state index is 13.6. The number of sulfonamides is 1. The van der Waals surface area contributed by atoms with E-state index in [-0.39, 0.29) is 22.5 Å². The minimum absolute atomic E-state index is 0.179. The van der Waals surface area contributed by atoms with Gasteiger partial charge in [-0.15, -0.1) is 0 Å². The summed E-state index contributed by atoms with van der Waals surface area (Å²) in [4.78, 5) is 11.2. The van der Waals surface area contributed by atoms with Crippen LogP contribution in [0.1, 0.15) is 40.0 Å². The zero-order valence-corrected chi connectivity index (χ0v) is 16.7. The summed E-state index contributed by atoms with van der Waals surface area (Å²) in [5, 5.41) is 6.91. The first-order chi connectivity index (χ1) is 15.1. The predicted octanol–water partition coefficient (Wildman–Crippen LogP) is 3.52. The smallest absolute Gasteiger partial charge is 0.391 e. The number of nitrogens with zero attached hydrogens (tertiary/aromatic N) is 2. The highest BCUT2D eigenvalue weighted by Gasteiger charge is 2.51. The zero-order valence-electron chi connectivity index (χ0n) is 15.9. The third-order valence-corrected chi connectivity index (χ3v) is 7.84. The Bertz CT molecular complexity index is 1550. The molecule has 6 rings (SSSR count). The first-order valence-electron chi connectivity index (χ1n) is 9.45. The molecule has 2 aliphatic heterocycles. The molecule has 32 heavy (non-hydrogen) atoms. The molecule has 0 spiro atoms. The van der Waals surface area contributed by atoms with E-state index in [2.05, 4.69) is 10.2 Å². The number of nitrogens with one attached hydrogen (secondary N) is 1. The molecule has 0 saturated heterocycles. The maximum Gasteiger partial charge on any atom is 0.519 e. The van der Waals surface area contributed by atoms with Crippen molar-refractivity contribution in [3.8, 4) is 0 Å². The van der Waals surface area contributed by atoms with Crippen LogP contribution in [0.3, 0.4) is 0 Å². The van der Waals surface area contributed by atoms with E-state index in [0.717, 1.165) is 30.0 Å². The fourth-order valence-electron chi connectivity index (χ4n) is 4.59. The van der Waals surface area contributed by atoms with Gasteiger partial charge in [0, 0.05) is 17.7 Å². The standard InChI is InChI=1S/C20H12F3N3O5S/c21-20(22,23)9-1-3-10(4-2-9)32(28,29)26-15-7-14-13(8-24-25-14)18(26)12-6-17-16(5-11(12)15)30-19(27)31-17/h1-6,8,15,18H,7H2,(H,24,25). The van der Waals surface area contributed by atoms with Crippen LogP contribution in [0.25, 0.3) is 11.2 Å². The van der Waals surface area contributed by atoms with E-state index in [1.54, 1.807) is 12.1 Å². The lowest BCUT2D eigenvalue weighted by Gasteiger charge is -2.33. The topological polar surface area (TPSA) is 109 Å². The quantitative estimate of drug-likeness (QED) is 0.487. The van der Waals surface area contributed by atoms with E-state index in [9.17, 15) is 26.4 Å². The minimum atomic E-state index is -4.58. The molecule has 2 atom stereocenters. The lowest BCUT2D eigenvalue weighted by atomic mass is 10.0. The molecule has 2 aromatic carbocycles. The van der Waals surface area contributed by atoms with Crippen LogP contribution in [-0.4, -0.2) is 22.9 Å². The molecule has 1 N–H and O–H groups in total. The Kier molecular flexibility index (Phi) is 3.69. The molecule has 2 aliphatic rings. The third kappa shape index (κ3) is 2.56. The Hall–Kier alpha value is -3.38. The second-order valence-corrected chi connectivity index (χ2v) is 9.51. The molecule has 8 nitrogen and oxygen atoms in total. The summed E-state index contributed by atoms with van der Waals surface area (Å²) in [5.41, 5.74) is 2.05. The molecular weight excluding hydrogens is 451 g/mol. The van der Waals surface area contributed by atoms with Gasteiger partial charge in [0.05, 0.1) is 28.7 Å². The van der Waals surface area contributed by atoms with Gasteiger partial charge < -0.3 is 8.83 Å². The average molecular weight is 463 g/mol. The molecule has 0 saturated carbocycles. The van der Waals surface area contributed by atoms with Crippen LogP contribution in [0.2, 0.25) is 0 Å². The number of halogens is 3. The van der Waals surface area contributed by atoms with Gasteiger partial charge in [-0.3, -0.25) is 5.10 Å². The lowest BCUT2D eigenvalue weighted by molar-refractivity contribution is -0.137. The van der Waals surface area contributed by atoms with Crippen LogP contribution in [-0.2, 0) is 22.6 Å². The zero-order chi connectivity index (χ0) is 22.4. The van der Waals surface area contributed by atoms with Crippen LogP contribution in [0.5, 0.6) is 0 Å². The van der Waals surface area contributed by atoms with E-state index >= 15 is 0 Å². The first kappa shape index (κ1) is 19.3. The van der Waals surface area contributed by atoms with Crippen molar-refractivity contribution in [1.82, 2.24) is 14.5 Å². The van der Waals surface area contributed by atoms with Crippen molar-refractivity contribution in [3.05, 3.63) is 81.2 Å². The summed E-state index contributed by atoms with van der Waals surface area (Å²) in [6.45, 7) is 0. The number of benzene rings is 2. The summed E-state index contributed by atoms with van der Waals surface area (Å²) >= 11 is 0. The Morgan fingerprint density at radius 2 is 1.69 bits per heavy atom. The molecule has 2 aromatic heterocycles. The summed E-state index contributed by atoms with van der Waals surface area (Å²) < 4.78 is 77.4. The maximum atomic E-state index is 13.6. The van der Waals surface area contributed by atoms with Gasteiger partial charge in [-0.1, -0.05) is 0 Å². The number of rotatable bonds is 2. The van der Waals surface area contributed by atoms with E-state index in [1.165, 1.54) is 10.5 Å². The molecular formula is C20H12F3N3O5S. The fraction of sp³-hybridized carbons (Fsp3) is 0.200. The van der Waals surface area contributed by atoms with Crippen molar-refractivity contribution in [2.75, 3.05) is 0 Å². The number of hydrogen-bond donors (Lipinski definition) is 1. The van der Waals surface area contributed by atoms with E-state index in [1.807, 2.05) is 0 Å².